The van der Waals surface area contributed by atoms with E-state index in [0.29, 0.717) is 17.4 Å². The topological polar surface area (TPSA) is 54.3 Å². The van der Waals surface area contributed by atoms with E-state index in [1.54, 1.807) is 21.8 Å². The maximum Gasteiger partial charge on any atom is 0.280 e. The average molecular weight is 422 g/mol. The molecule has 0 saturated carbocycles. The summed E-state index contributed by atoms with van der Waals surface area (Å²) in [5.74, 6) is -0.113. The van der Waals surface area contributed by atoms with Gasteiger partial charge in [0.2, 0.25) is 0 Å². The highest BCUT2D eigenvalue weighted by Crippen LogP contribution is 2.31. The SMILES string of the molecule is CN(C)CCCN(C(=O)c1ccn(C)n1)c1nc2ccc(Br)cc2s1. The van der Waals surface area contributed by atoms with E-state index < -0.39 is 0 Å². The van der Waals surface area contributed by atoms with Crippen LogP contribution >= 0.6 is 27.3 Å². The molecule has 2 aromatic heterocycles. The molecule has 0 unspecified atom stereocenters. The molecule has 3 rings (SSSR count). The van der Waals surface area contributed by atoms with Crippen LogP contribution in [0.25, 0.3) is 10.2 Å². The van der Waals surface area contributed by atoms with E-state index >= 15 is 0 Å². The number of nitrogens with zero attached hydrogens (tertiary/aromatic N) is 5. The van der Waals surface area contributed by atoms with E-state index in [0.717, 1.165) is 27.7 Å². The first-order valence-corrected chi connectivity index (χ1v) is 9.57. The molecule has 0 aliphatic heterocycles. The molecular weight excluding hydrogens is 402 g/mol. The molecule has 0 fully saturated rings. The van der Waals surface area contributed by atoms with Gasteiger partial charge in [-0.15, -0.1) is 0 Å². The minimum Gasteiger partial charge on any atom is -0.309 e. The van der Waals surface area contributed by atoms with Crippen molar-refractivity contribution in [2.75, 3.05) is 32.1 Å². The van der Waals surface area contributed by atoms with Crippen molar-refractivity contribution in [3.05, 3.63) is 40.6 Å². The van der Waals surface area contributed by atoms with Crippen molar-refractivity contribution in [3.8, 4) is 0 Å². The van der Waals surface area contributed by atoms with Crippen molar-refractivity contribution in [3.63, 3.8) is 0 Å². The summed E-state index contributed by atoms with van der Waals surface area (Å²) in [6.07, 6.45) is 2.64. The Kier molecular flexibility index (Phi) is 5.51. The van der Waals surface area contributed by atoms with E-state index in [-0.39, 0.29) is 5.91 Å². The summed E-state index contributed by atoms with van der Waals surface area (Å²) in [5, 5.41) is 4.96. The zero-order valence-corrected chi connectivity index (χ0v) is 16.8. The van der Waals surface area contributed by atoms with Crippen LogP contribution in [-0.4, -0.2) is 52.8 Å². The summed E-state index contributed by atoms with van der Waals surface area (Å²) in [7, 11) is 5.86. The Morgan fingerprint density at radius 1 is 1.28 bits per heavy atom. The second-order valence-corrected chi connectivity index (χ2v) is 8.02. The van der Waals surface area contributed by atoms with Crippen LogP contribution in [0.15, 0.2) is 34.9 Å². The molecule has 0 aliphatic rings. The van der Waals surface area contributed by atoms with Crippen molar-refractivity contribution >= 4 is 48.5 Å². The van der Waals surface area contributed by atoms with Gasteiger partial charge in [-0.25, -0.2) is 4.98 Å². The third-order valence-corrected chi connectivity index (χ3v) is 5.27. The van der Waals surface area contributed by atoms with Crippen LogP contribution in [0.3, 0.4) is 0 Å². The van der Waals surface area contributed by atoms with Crippen molar-refractivity contribution < 1.29 is 4.79 Å². The number of aromatic nitrogens is 3. The van der Waals surface area contributed by atoms with Gasteiger partial charge < -0.3 is 4.90 Å². The number of thiazole rings is 1. The second kappa shape index (κ2) is 7.63. The fraction of sp³-hybridized carbons (Fsp3) is 0.353. The first kappa shape index (κ1) is 18.0. The predicted molar refractivity (Wildman–Crippen MR) is 105 cm³/mol. The summed E-state index contributed by atoms with van der Waals surface area (Å²) >= 11 is 5.01. The molecule has 0 saturated heterocycles. The summed E-state index contributed by atoms with van der Waals surface area (Å²) in [5.41, 5.74) is 1.34. The van der Waals surface area contributed by atoms with Gasteiger partial charge in [0.15, 0.2) is 10.8 Å². The highest BCUT2D eigenvalue weighted by atomic mass is 79.9. The van der Waals surface area contributed by atoms with Gasteiger partial charge >= 0.3 is 0 Å². The number of hydrogen-bond donors (Lipinski definition) is 0. The zero-order chi connectivity index (χ0) is 18.0. The molecule has 0 radical (unpaired) electrons. The van der Waals surface area contributed by atoms with Gasteiger partial charge in [0.1, 0.15) is 0 Å². The van der Waals surface area contributed by atoms with Crippen molar-refractivity contribution in [1.29, 1.82) is 0 Å². The molecular formula is C17H20BrN5OS. The number of anilines is 1. The van der Waals surface area contributed by atoms with Gasteiger partial charge in [-0.2, -0.15) is 5.10 Å². The molecule has 3 aromatic rings. The first-order chi connectivity index (χ1) is 11.9. The highest BCUT2D eigenvalue weighted by Gasteiger charge is 2.23. The van der Waals surface area contributed by atoms with Crippen LogP contribution in [0, 0.1) is 0 Å². The van der Waals surface area contributed by atoms with Crippen molar-refractivity contribution in [2.24, 2.45) is 7.05 Å². The van der Waals surface area contributed by atoms with Gasteiger partial charge in [-0.05, 0) is 51.3 Å². The molecule has 1 aromatic carbocycles. The molecule has 0 aliphatic carbocycles. The van der Waals surface area contributed by atoms with Crippen LogP contribution in [0.4, 0.5) is 5.13 Å². The number of fused-ring (bicyclic) bond motifs is 1. The lowest BCUT2D eigenvalue weighted by Gasteiger charge is -2.20. The Balaban J connectivity index is 1.92. The summed E-state index contributed by atoms with van der Waals surface area (Å²) < 4.78 is 3.70. The number of amides is 1. The Labute approximate surface area is 159 Å². The maximum atomic E-state index is 13.0. The zero-order valence-electron chi connectivity index (χ0n) is 14.4. The highest BCUT2D eigenvalue weighted by molar-refractivity contribution is 9.10. The standard InChI is InChI=1S/C17H20BrN5OS/c1-21(2)8-4-9-23(16(24)14-7-10-22(3)20-14)17-19-13-6-5-12(18)11-15(13)25-17/h5-7,10-11H,4,8-9H2,1-3H3. The monoisotopic (exact) mass is 421 g/mol. The summed E-state index contributed by atoms with van der Waals surface area (Å²) in [4.78, 5) is 21.5. The molecule has 25 heavy (non-hydrogen) atoms. The van der Waals surface area contributed by atoms with E-state index in [1.807, 2.05) is 39.3 Å². The Hall–Kier alpha value is -1.77. The fourth-order valence-electron chi connectivity index (χ4n) is 2.50. The van der Waals surface area contributed by atoms with Crippen molar-refractivity contribution in [2.45, 2.75) is 6.42 Å². The number of hydrogen-bond acceptors (Lipinski definition) is 5. The minimum absolute atomic E-state index is 0.113. The van der Waals surface area contributed by atoms with Crippen LogP contribution in [0.1, 0.15) is 16.9 Å². The largest absolute Gasteiger partial charge is 0.309 e. The van der Waals surface area contributed by atoms with E-state index in [1.165, 1.54) is 11.3 Å². The van der Waals surface area contributed by atoms with Crippen LogP contribution in [-0.2, 0) is 7.05 Å². The minimum atomic E-state index is -0.113. The number of carbonyl (C=O) groups is 1. The first-order valence-electron chi connectivity index (χ1n) is 7.96. The van der Waals surface area contributed by atoms with E-state index in [2.05, 4.69) is 30.9 Å². The maximum absolute atomic E-state index is 13.0. The molecule has 0 bridgehead atoms. The molecule has 0 N–H and O–H groups in total. The van der Waals surface area contributed by atoms with E-state index in [9.17, 15) is 4.79 Å². The number of carbonyl (C=O) groups excluding carboxylic acids is 1. The summed E-state index contributed by atoms with van der Waals surface area (Å²) in [6, 6.07) is 7.69. The van der Waals surface area contributed by atoms with Crippen LogP contribution in [0.2, 0.25) is 0 Å². The quantitative estimate of drug-likeness (QED) is 0.611. The number of benzene rings is 1. The molecule has 1 amide bonds. The third-order valence-electron chi connectivity index (χ3n) is 3.74. The lowest BCUT2D eigenvalue weighted by Crippen LogP contribution is -2.33. The molecule has 0 spiro atoms. The van der Waals surface area contributed by atoms with Gasteiger partial charge in [0.25, 0.3) is 5.91 Å². The van der Waals surface area contributed by atoms with E-state index in [4.69, 9.17) is 0 Å². The van der Waals surface area contributed by atoms with Gasteiger partial charge in [-0.3, -0.25) is 14.4 Å². The Morgan fingerprint density at radius 2 is 2.08 bits per heavy atom. The lowest BCUT2D eigenvalue weighted by atomic mass is 10.3. The molecule has 6 nitrogen and oxygen atoms in total. The molecule has 132 valence electrons. The summed E-state index contributed by atoms with van der Waals surface area (Å²) in [6.45, 7) is 1.51. The second-order valence-electron chi connectivity index (χ2n) is 6.10. The van der Waals surface area contributed by atoms with Gasteiger partial charge in [-0.1, -0.05) is 27.3 Å². The number of aryl methyl sites for hydroxylation is 1. The predicted octanol–water partition coefficient (Wildman–Crippen LogP) is 3.39. The molecule has 8 heteroatoms. The van der Waals surface area contributed by atoms with Gasteiger partial charge in [0, 0.05) is 24.3 Å². The Morgan fingerprint density at radius 3 is 2.76 bits per heavy atom. The number of rotatable bonds is 6. The van der Waals surface area contributed by atoms with Crippen LogP contribution in [0.5, 0.6) is 0 Å². The average Bonchev–Trinajstić information content (AvgIpc) is 3.16. The fourth-order valence-corrected chi connectivity index (χ4v) is 4.04. The molecule has 2 heterocycles. The van der Waals surface area contributed by atoms with Gasteiger partial charge in [0.05, 0.1) is 10.2 Å². The Bertz CT molecular complexity index is 888. The molecule has 0 atom stereocenters. The number of halogens is 1. The smallest absolute Gasteiger partial charge is 0.280 e. The normalized spacial score (nSPS) is 11.4. The lowest BCUT2D eigenvalue weighted by molar-refractivity contribution is 0.0980. The van der Waals surface area contributed by atoms with Crippen molar-refractivity contribution in [1.82, 2.24) is 19.7 Å². The third kappa shape index (κ3) is 4.26. The van der Waals surface area contributed by atoms with Crippen LogP contribution < -0.4 is 4.90 Å².